The van der Waals surface area contributed by atoms with Gasteiger partial charge in [-0.05, 0) is 42.2 Å². The first kappa shape index (κ1) is 29.7. The molecule has 3 rings (SSSR count). The van der Waals surface area contributed by atoms with Gasteiger partial charge in [0.05, 0.1) is 19.1 Å². The summed E-state index contributed by atoms with van der Waals surface area (Å²) < 4.78 is 32.3. The van der Waals surface area contributed by atoms with Crippen molar-refractivity contribution in [3.8, 4) is 5.75 Å². The van der Waals surface area contributed by atoms with Crippen LogP contribution in [0.15, 0.2) is 78.9 Å². The number of sulfonamides is 1. The van der Waals surface area contributed by atoms with Crippen molar-refractivity contribution in [2.75, 3.05) is 30.8 Å². The zero-order chi connectivity index (χ0) is 28.4. The van der Waals surface area contributed by atoms with E-state index in [-0.39, 0.29) is 24.6 Å². The molecule has 0 aliphatic carbocycles. The lowest BCUT2D eigenvalue weighted by atomic mass is 10.0. The molecule has 0 aromatic heterocycles. The van der Waals surface area contributed by atoms with Gasteiger partial charge in [0.15, 0.2) is 0 Å². The Hall–Kier alpha value is -3.85. The van der Waals surface area contributed by atoms with Crippen molar-refractivity contribution < 1.29 is 22.7 Å². The van der Waals surface area contributed by atoms with Crippen LogP contribution in [0, 0.1) is 6.92 Å². The van der Waals surface area contributed by atoms with Crippen LogP contribution >= 0.6 is 0 Å². The number of hydrogen-bond donors (Lipinski definition) is 1. The molecule has 2 amide bonds. The van der Waals surface area contributed by atoms with Gasteiger partial charge < -0.3 is 15.0 Å². The lowest BCUT2D eigenvalue weighted by Crippen LogP contribution is -2.53. The van der Waals surface area contributed by atoms with E-state index < -0.39 is 28.5 Å². The molecular weight excluding hydrogens is 514 g/mol. The van der Waals surface area contributed by atoms with E-state index in [1.807, 2.05) is 68.4 Å². The van der Waals surface area contributed by atoms with Crippen molar-refractivity contribution in [2.24, 2.45) is 0 Å². The molecule has 208 valence electrons. The standard InChI is InChI=1S/C30H37N3O5S/c1-5-19-31-30(35)27(20-24-14-7-6-8-15-24)32(21-25-16-10-9-13-23(25)2)29(34)22-33(39(4,36)37)26-17-11-12-18-28(26)38-3/h6-18,27H,5,19-22H2,1-4H3,(H,31,35). The van der Waals surface area contributed by atoms with E-state index in [0.29, 0.717) is 12.3 Å². The van der Waals surface area contributed by atoms with Gasteiger partial charge in [-0.25, -0.2) is 8.42 Å². The molecule has 0 saturated heterocycles. The SMILES string of the molecule is CCCNC(=O)C(Cc1ccccc1)N(Cc1ccccc1C)C(=O)CN(c1ccccc1OC)S(C)(=O)=O. The number of nitrogens with zero attached hydrogens (tertiary/aromatic N) is 2. The molecule has 0 bridgehead atoms. The largest absolute Gasteiger partial charge is 0.495 e. The van der Waals surface area contributed by atoms with Crippen LogP contribution in [0.5, 0.6) is 5.75 Å². The average molecular weight is 552 g/mol. The summed E-state index contributed by atoms with van der Waals surface area (Å²) in [4.78, 5) is 29.1. The number of amides is 2. The van der Waals surface area contributed by atoms with Crippen molar-refractivity contribution in [2.45, 2.75) is 39.3 Å². The third-order valence-corrected chi connectivity index (χ3v) is 7.58. The summed E-state index contributed by atoms with van der Waals surface area (Å²) in [7, 11) is -2.43. The van der Waals surface area contributed by atoms with Gasteiger partial charge in [-0.15, -0.1) is 0 Å². The highest BCUT2D eigenvalue weighted by atomic mass is 32.2. The first-order valence-corrected chi connectivity index (χ1v) is 14.8. The summed E-state index contributed by atoms with van der Waals surface area (Å²) >= 11 is 0. The number of carbonyl (C=O) groups is 2. The second-order valence-electron chi connectivity index (χ2n) is 9.39. The van der Waals surface area contributed by atoms with E-state index in [2.05, 4.69) is 5.32 Å². The van der Waals surface area contributed by atoms with Crippen LogP contribution in [0.2, 0.25) is 0 Å². The zero-order valence-corrected chi connectivity index (χ0v) is 23.8. The summed E-state index contributed by atoms with van der Waals surface area (Å²) in [6, 6.07) is 22.9. The number of ether oxygens (including phenoxy) is 1. The van der Waals surface area contributed by atoms with Crippen molar-refractivity contribution >= 4 is 27.5 Å². The molecule has 0 heterocycles. The fourth-order valence-electron chi connectivity index (χ4n) is 4.32. The van der Waals surface area contributed by atoms with Gasteiger partial charge in [0.2, 0.25) is 21.8 Å². The minimum Gasteiger partial charge on any atom is -0.495 e. The van der Waals surface area contributed by atoms with Crippen molar-refractivity contribution in [3.05, 3.63) is 95.6 Å². The molecule has 3 aromatic carbocycles. The number of anilines is 1. The number of nitrogens with one attached hydrogen (secondary N) is 1. The monoisotopic (exact) mass is 551 g/mol. The first-order chi connectivity index (χ1) is 18.7. The molecule has 0 aliphatic rings. The minimum atomic E-state index is -3.87. The first-order valence-electron chi connectivity index (χ1n) is 12.9. The zero-order valence-electron chi connectivity index (χ0n) is 23.0. The highest BCUT2D eigenvalue weighted by Gasteiger charge is 2.33. The van der Waals surface area contributed by atoms with E-state index in [4.69, 9.17) is 4.74 Å². The molecule has 1 N–H and O–H groups in total. The van der Waals surface area contributed by atoms with Gasteiger partial charge in [0.25, 0.3) is 0 Å². The average Bonchev–Trinajstić information content (AvgIpc) is 2.93. The molecular formula is C30H37N3O5S. The van der Waals surface area contributed by atoms with E-state index >= 15 is 0 Å². The van der Waals surface area contributed by atoms with Gasteiger partial charge in [-0.1, -0.05) is 73.7 Å². The van der Waals surface area contributed by atoms with Gasteiger partial charge >= 0.3 is 0 Å². The molecule has 39 heavy (non-hydrogen) atoms. The van der Waals surface area contributed by atoms with Gasteiger partial charge in [0.1, 0.15) is 18.3 Å². The Morgan fingerprint density at radius 3 is 2.23 bits per heavy atom. The Labute approximate surface area is 231 Å². The minimum absolute atomic E-state index is 0.145. The molecule has 1 unspecified atom stereocenters. The highest BCUT2D eigenvalue weighted by molar-refractivity contribution is 7.92. The van der Waals surface area contributed by atoms with Gasteiger partial charge in [0, 0.05) is 19.5 Å². The number of hydrogen-bond acceptors (Lipinski definition) is 5. The van der Waals surface area contributed by atoms with Crippen molar-refractivity contribution in [1.29, 1.82) is 0 Å². The maximum atomic E-state index is 14.1. The van der Waals surface area contributed by atoms with Crippen molar-refractivity contribution in [3.63, 3.8) is 0 Å². The second kappa shape index (κ2) is 13.8. The topological polar surface area (TPSA) is 96.0 Å². The molecule has 0 aliphatic heterocycles. The Bertz CT molecular complexity index is 1360. The quantitative estimate of drug-likeness (QED) is 0.347. The molecule has 8 nitrogen and oxygen atoms in total. The molecule has 0 radical (unpaired) electrons. The van der Waals surface area contributed by atoms with Crippen LogP contribution in [0.3, 0.4) is 0 Å². The molecule has 0 saturated carbocycles. The van der Waals surface area contributed by atoms with Crippen LogP contribution in [0.1, 0.15) is 30.0 Å². The third-order valence-electron chi connectivity index (χ3n) is 6.46. The summed E-state index contributed by atoms with van der Waals surface area (Å²) in [6.07, 6.45) is 2.07. The lowest BCUT2D eigenvalue weighted by Gasteiger charge is -2.34. The van der Waals surface area contributed by atoms with Gasteiger partial charge in [-0.2, -0.15) is 0 Å². The lowest BCUT2D eigenvalue weighted by molar-refractivity contribution is -0.140. The molecule has 1 atom stereocenters. The Morgan fingerprint density at radius 1 is 0.949 bits per heavy atom. The number of methoxy groups -OCH3 is 1. The summed E-state index contributed by atoms with van der Waals surface area (Å²) in [5.74, 6) is -0.462. The predicted octanol–water partition coefficient (Wildman–Crippen LogP) is 3.94. The second-order valence-corrected chi connectivity index (χ2v) is 11.3. The van der Waals surface area contributed by atoms with Crippen LogP contribution < -0.4 is 14.4 Å². The van der Waals surface area contributed by atoms with Crippen LogP contribution in [0.4, 0.5) is 5.69 Å². The van der Waals surface area contributed by atoms with E-state index in [9.17, 15) is 18.0 Å². The molecule has 0 fully saturated rings. The fourth-order valence-corrected chi connectivity index (χ4v) is 5.17. The number of rotatable bonds is 13. The van der Waals surface area contributed by atoms with Crippen LogP contribution in [0.25, 0.3) is 0 Å². The molecule has 0 spiro atoms. The predicted molar refractivity (Wildman–Crippen MR) is 154 cm³/mol. The Kier molecular flexibility index (Phi) is 10.5. The smallest absolute Gasteiger partial charge is 0.244 e. The fraction of sp³-hybridized carbons (Fsp3) is 0.333. The van der Waals surface area contributed by atoms with E-state index in [1.165, 1.54) is 12.0 Å². The van der Waals surface area contributed by atoms with Crippen LogP contribution in [-0.2, 0) is 32.6 Å². The normalized spacial score (nSPS) is 11.9. The van der Waals surface area contributed by atoms with Crippen molar-refractivity contribution in [1.82, 2.24) is 10.2 Å². The molecule has 3 aromatic rings. The number of carbonyl (C=O) groups excluding carboxylic acids is 2. The third kappa shape index (κ3) is 8.07. The highest BCUT2D eigenvalue weighted by Crippen LogP contribution is 2.30. The summed E-state index contributed by atoms with van der Waals surface area (Å²) in [5, 5.41) is 2.94. The van der Waals surface area contributed by atoms with Crippen LogP contribution in [-0.4, -0.2) is 57.6 Å². The van der Waals surface area contributed by atoms with E-state index in [0.717, 1.165) is 33.7 Å². The van der Waals surface area contributed by atoms with Gasteiger partial charge in [-0.3, -0.25) is 13.9 Å². The maximum Gasteiger partial charge on any atom is 0.244 e. The summed E-state index contributed by atoms with van der Waals surface area (Å²) in [5.41, 5.74) is 2.98. The number of aryl methyl sites for hydroxylation is 1. The summed E-state index contributed by atoms with van der Waals surface area (Å²) in [6.45, 7) is 4.02. The van der Waals surface area contributed by atoms with E-state index in [1.54, 1.807) is 24.3 Å². The molecule has 9 heteroatoms. The number of para-hydroxylation sites is 2. The number of benzene rings is 3. The Balaban J connectivity index is 2.07. The maximum absolute atomic E-state index is 14.1. The Morgan fingerprint density at radius 2 is 1.59 bits per heavy atom.